The summed E-state index contributed by atoms with van der Waals surface area (Å²) in [6.45, 7) is 13.3. The number of fused-ring (bicyclic) bond motifs is 5. The fraction of sp³-hybridized carbons (Fsp3) is 0.625. The molecular weight excluding hydrogens is 663 g/mol. The fourth-order valence-electron chi connectivity index (χ4n) is 9.54. The lowest BCUT2D eigenvalue weighted by Gasteiger charge is -2.43. The van der Waals surface area contributed by atoms with Crippen molar-refractivity contribution < 1.29 is 28.1 Å². The van der Waals surface area contributed by atoms with Gasteiger partial charge in [-0.25, -0.2) is 9.18 Å². The summed E-state index contributed by atoms with van der Waals surface area (Å²) in [7, 11) is 1.60. The number of nitrogens with zero attached hydrogens (tertiary/aromatic N) is 6. The van der Waals surface area contributed by atoms with E-state index in [-0.39, 0.29) is 36.3 Å². The summed E-state index contributed by atoms with van der Waals surface area (Å²) in [6, 6.07) is 7.86. The molecule has 2 aromatic carbocycles. The maximum absolute atomic E-state index is 15.3. The van der Waals surface area contributed by atoms with Gasteiger partial charge in [-0.3, -0.25) is 9.80 Å². The number of methoxy groups -OCH3 is 1. The van der Waals surface area contributed by atoms with Gasteiger partial charge in [-0.2, -0.15) is 9.97 Å². The molecule has 0 unspecified atom stereocenters. The van der Waals surface area contributed by atoms with Gasteiger partial charge < -0.3 is 28.7 Å². The quantitative estimate of drug-likeness (QED) is 0.230. The molecule has 0 aliphatic carbocycles. The number of hydrogen-bond donors (Lipinski definition) is 0. The van der Waals surface area contributed by atoms with Gasteiger partial charge >= 0.3 is 12.1 Å². The predicted octanol–water partition coefficient (Wildman–Crippen LogP) is 6.47. The van der Waals surface area contributed by atoms with Crippen LogP contribution >= 0.6 is 0 Å². The molecule has 0 N–H and O–H groups in total. The minimum absolute atomic E-state index is 0.0525. The van der Waals surface area contributed by atoms with Crippen LogP contribution < -0.4 is 19.3 Å². The summed E-state index contributed by atoms with van der Waals surface area (Å²) >= 11 is 0. The molecule has 1 amide bonds. The second kappa shape index (κ2) is 13.8. The molecule has 6 heterocycles. The number of hydrogen-bond acceptors (Lipinski definition) is 10. The molecule has 2 atom stereocenters. The Morgan fingerprint density at radius 1 is 1.00 bits per heavy atom. The van der Waals surface area contributed by atoms with Crippen LogP contribution in [-0.4, -0.2) is 102 Å². The zero-order chi connectivity index (χ0) is 36.2. The first-order valence-electron chi connectivity index (χ1n) is 19.2. The third kappa shape index (κ3) is 6.50. The second-order valence-electron chi connectivity index (χ2n) is 16.3. The number of aryl methyl sites for hydroxylation is 1. The van der Waals surface area contributed by atoms with Gasteiger partial charge in [0.2, 0.25) is 0 Å². The smallest absolute Gasteiger partial charge is 0.410 e. The van der Waals surface area contributed by atoms with E-state index in [4.69, 9.17) is 28.9 Å². The van der Waals surface area contributed by atoms with Crippen LogP contribution in [0.2, 0.25) is 0 Å². The van der Waals surface area contributed by atoms with E-state index in [1.165, 1.54) is 12.8 Å². The van der Waals surface area contributed by atoms with Crippen molar-refractivity contribution in [1.29, 1.82) is 0 Å². The molecule has 8 rings (SSSR count). The van der Waals surface area contributed by atoms with E-state index < -0.39 is 5.60 Å². The number of carbonyl (C=O) groups is 1. The number of piperazine rings is 1. The molecule has 5 aliphatic rings. The van der Waals surface area contributed by atoms with Gasteiger partial charge in [-0.15, -0.1) is 0 Å². The number of carbonyl (C=O) groups excluding carboxylic acids is 1. The normalized spacial score (nSPS) is 22.5. The first-order valence-corrected chi connectivity index (χ1v) is 19.2. The molecule has 5 aliphatic heterocycles. The van der Waals surface area contributed by atoms with Crippen molar-refractivity contribution in [2.24, 2.45) is 0 Å². The van der Waals surface area contributed by atoms with Crippen LogP contribution in [0.4, 0.5) is 20.7 Å². The van der Waals surface area contributed by atoms with E-state index in [1.807, 2.05) is 50.8 Å². The number of aromatic nitrogens is 2. The summed E-state index contributed by atoms with van der Waals surface area (Å²) in [5.41, 5.74) is 3.17. The minimum Gasteiger partial charge on any atom is -0.467 e. The SMILES string of the molecule is CCc1c(F)ccc2cc(OCOC)cc(N3CCc4c(nc(OCC56CCCN5CCC6)nc4N4C[C@@H]5CC[C@@H](C4)N5C(=O)OC(C)(C)C)C3)c12. The summed E-state index contributed by atoms with van der Waals surface area (Å²) < 4.78 is 38.9. The van der Waals surface area contributed by atoms with Gasteiger partial charge in [0.25, 0.3) is 0 Å². The van der Waals surface area contributed by atoms with Crippen LogP contribution in [0.3, 0.4) is 0 Å². The van der Waals surface area contributed by atoms with Crippen molar-refractivity contribution in [3.63, 3.8) is 0 Å². The summed E-state index contributed by atoms with van der Waals surface area (Å²) in [6.07, 6.45) is 7.60. The molecule has 280 valence electrons. The Morgan fingerprint density at radius 2 is 1.75 bits per heavy atom. The molecule has 0 spiro atoms. The molecular formula is C40H53FN6O5. The van der Waals surface area contributed by atoms with Crippen LogP contribution in [0.1, 0.15) is 83.0 Å². The lowest BCUT2D eigenvalue weighted by molar-refractivity contribution is 0.0122. The van der Waals surface area contributed by atoms with Crippen molar-refractivity contribution in [3.8, 4) is 11.8 Å². The minimum atomic E-state index is -0.546. The average molecular weight is 717 g/mol. The number of rotatable bonds is 9. The molecule has 11 nitrogen and oxygen atoms in total. The molecule has 4 saturated heterocycles. The van der Waals surface area contributed by atoms with Crippen LogP contribution in [0.15, 0.2) is 24.3 Å². The van der Waals surface area contributed by atoms with E-state index in [0.29, 0.717) is 63.0 Å². The van der Waals surface area contributed by atoms with E-state index in [1.54, 1.807) is 13.2 Å². The van der Waals surface area contributed by atoms with Crippen molar-refractivity contribution in [1.82, 2.24) is 19.8 Å². The Hall–Kier alpha value is -3.90. The Balaban J connectivity index is 1.14. The largest absolute Gasteiger partial charge is 0.467 e. The van der Waals surface area contributed by atoms with E-state index in [0.717, 1.165) is 72.3 Å². The second-order valence-corrected chi connectivity index (χ2v) is 16.3. The molecule has 3 aromatic rings. The van der Waals surface area contributed by atoms with Gasteiger partial charge in [0.05, 0.1) is 29.9 Å². The zero-order valence-corrected chi connectivity index (χ0v) is 31.4. The first kappa shape index (κ1) is 35.1. The van der Waals surface area contributed by atoms with E-state index in [2.05, 4.69) is 14.7 Å². The summed E-state index contributed by atoms with van der Waals surface area (Å²) in [5, 5.41) is 1.83. The van der Waals surface area contributed by atoms with Gasteiger partial charge in [0, 0.05) is 49.4 Å². The number of amides is 1. The lowest BCUT2D eigenvalue weighted by Crippen LogP contribution is -2.57. The Kier molecular flexibility index (Phi) is 9.34. The molecule has 2 bridgehead atoms. The van der Waals surface area contributed by atoms with Gasteiger partial charge in [-0.1, -0.05) is 13.0 Å². The number of anilines is 2. The lowest BCUT2D eigenvalue weighted by atomic mass is 9.95. The zero-order valence-electron chi connectivity index (χ0n) is 31.4. The highest BCUT2D eigenvalue weighted by Crippen LogP contribution is 2.42. The molecule has 4 fully saturated rings. The maximum atomic E-state index is 15.3. The van der Waals surface area contributed by atoms with Crippen LogP contribution in [0.5, 0.6) is 11.8 Å². The predicted molar refractivity (Wildman–Crippen MR) is 198 cm³/mol. The van der Waals surface area contributed by atoms with E-state index in [9.17, 15) is 4.79 Å². The maximum Gasteiger partial charge on any atom is 0.410 e. The highest BCUT2D eigenvalue weighted by molar-refractivity contribution is 5.98. The molecule has 0 radical (unpaired) electrons. The van der Waals surface area contributed by atoms with Crippen LogP contribution in [0, 0.1) is 5.82 Å². The molecule has 52 heavy (non-hydrogen) atoms. The number of halogens is 1. The van der Waals surface area contributed by atoms with E-state index >= 15 is 4.39 Å². The number of benzene rings is 2. The molecule has 1 aromatic heterocycles. The van der Waals surface area contributed by atoms with Crippen LogP contribution in [0.25, 0.3) is 10.8 Å². The topological polar surface area (TPSA) is 92.7 Å². The Labute approximate surface area is 306 Å². The van der Waals surface area contributed by atoms with Gasteiger partial charge in [0.15, 0.2) is 6.79 Å². The first-order chi connectivity index (χ1) is 25.1. The van der Waals surface area contributed by atoms with Gasteiger partial charge in [-0.05, 0) is 108 Å². The third-order valence-electron chi connectivity index (χ3n) is 11.8. The Morgan fingerprint density at radius 3 is 2.44 bits per heavy atom. The number of ether oxygens (including phenoxy) is 4. The summed E-state index contributed by atoms with van der Waals surface area (Å²) in [5.74, 6) is 1.38. The standard InChI is InChI=1S/C40H53FN6O5/c1-6-30-32(41)12-9-26-19-29(51-25-49-5)20-34(35(26)30)44-18-13-31-33(23-44)42-37(50-24-40-14-7-16-46(40)17-8-15-40)43-36(31)45-21-27-10-11-28(22-45)47(27)38(48)52-39(2,3)4/h9,12,19-20,27-28H,6-8,10-11,13-18,21-25H2,1-5H3/t27-,28-/m0/s1. The van der Waals surface area contributed by atoms with Crippen LogP contribution in [-0.2, 0) is 28.9 Å². The van der Waals surface area contributed by atoms with Crippen molar-refractivity contribution in [3.05, 3.63) is 46.9 Å². The molecule has 0 saturated carbocycles. The Bertz CT molecular complexity index is 1810. The average Bonchev–Trinajstić information content (AvgIpc) is 3.78. The highest BCUT2D eigenvalue weighted by Gasteiger charge is 2.47. The van der Waals surface area contributed by atoms with Crippen molar-refractivity contribution >= 4 is 28.4 Å². The third-order valence-corrected chi connectivity index (χ3v) is 11.8. The monoisotopic (exact) mass is 716 g/mol. The van der Waals surface area contributed by atoms with Crippen molar-refractivity contribution in [2.45, 2.75) is 109 Å². The fourth-order valence-corrected chi connectivity index (χ4v) is 9.54. The van der Waals surface area contributed by atoms with Crippen molar-refractivity contribution in [2.75, 3.05) is 63.0 Å². The van der Waals surface area contributed by atoms with Gasteiger partial charge in [0.1, 0.15) is 29.6 Å². The summed E-state index contributed by atoms with van der Waals surface area (Å²) in [4.78, 5) is 32.8. The highest BCUT2D eigenvalue weighted by atomic mass is 19.1. The molecule has 12 heteroatoms.